The molecule has 0 aliphatic heterocycles. The van der Waals surface area contributed by atoms with E-state index in [4.69, 9.17) is 4.74 Å². The molecule has 0 saturated heterocycles. The van der Waals surface area contributed by atoms with E-state index in [9.17, 15) is 10.1 Å². The lowest BCUT2D eigenvalue weighted by Crippen LogP contribution is -2.06. The number of methoxy groups -OCH3 is 1. The summed E-state index contributed by atoms with van der Waals surface area (Å²) in [6.07, 6.45) is 5.77. The van der Waals surface area contributed by atoms with Gasteiger partial charge in [-0.3, -0.25) is 14.7 Å². The van der Waals surface area contributed by atoms with Crippen LogP contribution < -0.4 is 10.1 Å². The fourth-order valence-corrected chi connectivity index (χ4v) is 3.28. The molecule has 3 heterocycles. The van der Waals surface area contributed by atoms with Crippen molar-refractivity contribution in [2.45, 2.75) is 0 Å². The smallest absolute Gasteiger partial charge is 0.354 e. The molecule has 0 aliphatic rings. The molecular weight excluding hydrogens is 358 g/mol. The van der Waals surface area contributed by atoms with Gasteiger partial charge in [0.15, 0.2) is 5.13 Å². The van der Waals surface area contributed by atoms with E-state index in [0.29, 0.717) is 10.9 Å². The van der Waals surface area contributed by atoms with Crippen LogP contribution >= 0.6 is 11.3 Å². The number of anilines is 2. The van der Waals surface area contributed by atoms with Gasteiger partial charge in [0.05, 0.1) is 22.2 Å². The number of hydrogen-bond acceptors (Lipinski definition) is 9. The summed E-state index contributed by atoms with van der Waals surface area (Å²) >= 11 is 1.34. The van der Waals surface area contributed by atoms with Gasteiger partial charge < -0.3 is 10.1 Å². The lowest BCUT2D eigenvalue weighted by molar-refractivity contribution is -0.384. The van der Waals surface area contributed by atoms with Crippen molar-refractivity contribution >= 4 is 38.2 Å². The maximum Gasteiger partial charge on any atom is 0.354 e. The molecule has 0 bridgehead atoms. The molecule has 0 amide bonds. The van der Waals surface area contributed by atoms with Gasteiger partial charge in [-0.05, 0) is 18.2 Å². The number of thiazole rings is 1. The molecule has 26 heavy (non-hydrogen) atoms. The summed E-state index contributed by atoms with van der Waals surface area (Å²) in [5.74, 6) is 0.885. The van der Waals surface area contributed by atoms with Gasteiger partial charge in [-0.15, -0.1) is 0 Å². The van der Waals surface area contributed by atoms with Crippen molar-refractivity contribution in [3.05, 3.63) is 53.4 Å². The van der Waals surface area contributed by atoms with Crippen LogP contribution in [-0.2, 0) is 0 Å². The number of hydrogen-bond donors (Lipinski definition) is 1. The fourth-order valence-electron chi connectivity index (χ4n) is 2.39. The summed E-state index contributed by atoms with van der Waals surface area (Å²) in [5.41, 5.74) is 0.493. The molecular formula is C15H11N7O3S. The second-order valence-electron chi connectivity index (χ2n) is 5.10. The largest absolute Gasteiger partial charge is 0.497 e. The van der Waals surface area contributed by atoms with E-state index in [-0.39, 0.29) is 17.3 Å². The van der Waals surface area contributed by atoms with Gasteiger partial charge in [-0.1, -0.05) is 11.3 Å². The van der Waals surface area contributed by atoms with Crippen LogP contribution in [0.3, 0.4) is 0 Å². The zero-order valence-corrected chi connectivity index (χ0v) is 14.2. The molecule has 1 aromatic carbocycles. The number of imidazole rings is 1. The van der Waals surface area contributed by atoms with E-state index >= 15 is 0 Å². The van der Waals surface area contributed by atoms with Crippen molar-refractivity contribution in [3.8, 4) is 11.6 Å². The van der Waals surface area contributed by atoms with Gasteiger partial charge in [0, 0.05) is 12.4 Å². The third kappa shape index (κ3) is 2.80. The molecule has 4 rings (SSSR count). The summed E-state index contributed by atoms with van der Waals surface area (Å²) in [7, 11) is 1.59. The number of nitro groups is 1. The molecule has 0 saturated carbocycles. The molecule has 0 aliphatic carbocycles. The maximum atomic E-state index is 11.6. The van der Waals surface area contributed by atoms with E-state index in [1.165, 1.54) is 34.8 Å². The standard InChI is InChI=1S/C15H11N7O3S/c1-25-9-2-3-10-11(6-9)26-15(19-10)20-13-12(22(23)24)14(18-7-17-13)21-5-4-16-8-21/h2-8H,1H3,(H,17,18,19,20). The monoisotopic (exact) mass is 369 g/mol. The Labute approximate surface area is 150 Å². The highest BCUT2D eigenvalue weighted by atomic mass is 32.1. The third-order valence-corrected chi connectivity index (χ3v) is 4.49. The van der Waals surface area contributed by atoms with Crippen molar-refractivity contribution < 1.29 is 9.66 Å². The number of aromatic nitrogens is 5. The molecule has 0 unspecified atom stereocenters. The SMILES string of the molecule is COc1ccc2nc(Nc3ncnc(-n4ccnc4)c3[N+](=O)[O-])sc2c1. The van der Waals surface area contributed by atoms with Crippen molar-refractivity contribution in [2.75, 3.05) is 12.4 Å². The zero-order chi connectivity index (χ0) is 18.1. The highest BCUT2D eigenvalue weighted by Crippen LogP contribution is 2.34. The second-order valence-corrected chi connectivity index (χ2v) is 6.13. The van der Waals surface area contributed by atoms with Gasteiger partial charge in [0.2, 0.25) is 11.6 Å². The quantitative estimate of drug-likeness (QED) is 0.421. The van der Waals surface area contributed by atoms with E-state index < -0.39 is 4.92 Å². The molecule has 0 radical (unpaired) electrons. The first-order chi connectivity index (χ1) is 12.7. The average Bonchev–Trinajstić information content (AvgIpc) is 3.30. The average molecular weight is 369 g/mol. The predicted octanol–water partition coefficient (Wildman–Crippen LogP) is 2.93. The highest BCUT2D eigenvalue weighted by Gasteiger charge is 2.25. The van der Waals surface area contributed by atoms with E-state index in [1.807, 2.05) is 12.1 Å². The van der Waals surface area contributed by atoms with Crippen molar-refractivity contribution in [3.63, 3.8) is 0 Å². The Balaban J connectivity index is 1.76. The minimum absolute atomic E-state index is 0.0553. The lowest BCUT2D eigenvalue weighted by Gasteiger charge is -2.06. The Bertz CT molecular complexity index is 1090. The Kier molecular flexibility index (Phi) is 3.89. The van der Waals surface area contributed by atoms with Gasteiger partial charge in [-0.2, -0.15) is 0 Å². The molecule has 0 spiro atoms. The summed E-state index contributed by atoms with van der Waals surface area (Å²) in [6, 6.07) is 5.47. The van der Waals surface area contributed by atoms with Crippen LogP contribution in [0, 0.1) is 10.1 Å². The zero-order valence-electron chi connectivity index (χ0n) is 13.4. The first-order valence-electron chi connectivity index (χ1n) is 7.35. The fraction of sp³-hybridized carbons (Fsp3) is 0.0667. The molecule has 130 valence electrons. The van der Waals surface area contributed by atoms with Crippen LogP contribution in [0.4, 0.5) is 16.6 Å². The minimum Gasteiger partial charge on any atom is -0.497 e. The van der Waals surface area contributed by atoms with Crippen molar-refractivity contribution in [1.82, 2.24) is 24.5 Å². The Morgan fingerprint density at radius 1 is 1.35 bits per heavy atom. The number of rotatable bonds is 5. The molecule has 11 heteroatoms. The summed E-state index contributed by atoms with van der Waals surface area (Å²) in [4.78, 5) is 27.4. The second kappa shape index (κ2) is 6.37. The van der Waals surface area contributed by atoms with Gasteiger partial charge >= 0.3 is 5.69 Å². The van der Waals surface area contributed by atoms with Gasteiger partial charge in [-0.25, -0.2) is 19.9 Å². The molecule has 10 nitrogen and oxygen atoms in total. The van der Waals surface area contributed by atoms with Crippen molar-refractivity contribution in [1.29, 1.82) is 0 Å². The summed E-state index contributed by atoms with van der Waals surface area (Å²) in [5, 5.41) is 15.0. The number of nitrogens with one attached hydrogen (secondary N) is 1. The number of ether oxygens (including phenoxy) is 1. The molecule has 3 aromatic heterocycles. The van der Waals surface area contributed by atoms with Gasteiger partial charge in [0.25, 0.3) is 0 Å². The number of benzene rings is 1. The maximum absolute atomic E-state index is 11.6. The topological polar surface area (TPSA) is 121 Å². The van der Waals surface area contributed by atoms with E-state index in [2.05, 4.69) is 25.3 Å². The van der Waals surface area contributed by atoms with Crippen LogP contribution in [0.15, 0.2) is 43.2 Å². The molecule has 4 aromatic rings. The van der Waals surface area contributed by atoms with Crippen LogP contribution in [0.25, 0.3) is 16.0 Å². The first kappa shape index (κ1) is 15.9. The first-order valence-corrected chi connectivity index (χ1v) is 8.16. The summed E-state index contributed by atoms with van der Waals surface area (Å²) < 4.78 is 7.54. The van der Waals surface area contributed by atoms with E-state index in [1.54, 1.807) is 19.4 Å². The summed E-state index contributed by atoms with van der Waals surface area (Å²) in [6.45, 7) is 0. The van der Waals surface area contributed by atoms with Crippen LogP contribution in [0.5, 0.6) is 5.75 Å². The predicted molar refractivity (Wildman–Crippen MR) is 95.3 cm³/mol. The molecule has 0 atom stereocenters. The lowest BCUT2D eigenvalue weighted by atomic mass is 10.3. The Morgan fingerprint density at radius 3 is 2.96 bits per heavy atom. The normalized spacial score (nSPS) is 10.8. The van der Waals surface area contributed by atoms with Crippen LogP contribution in [0.2, 0.25) is 0 Å². The highest BCUT2D eigenvalue weighted by molar-refractivity contribution is 7.22. The van der Waals surface area contributed by atoms with Gasteiger partial charge in [0.1, 0.15) is 18.4 Å². The minimum atomic E-state index is -0.534. The number of fused-ring (bicyclic) bond motifs is 1. The van der Waals surface area contributed by atoms with Crippen LogP contribution in [0.1, 0.15) is 0 Å². The van der Waals surface area contributed by atoms with E-state index in [0.717, 1.165) is 10.2 Å². The third-order valence-electron chi connectivity index (χ3n) is 3.56. The van der Waals surface area contributed by atoms with Crippen LogP contribution in [-0.4, -0.2) is 36.5 Å². The molecule has 1 N–H and O–H groups in total. The Hall–Kier alpha value is -3.60. The van der Waals surface area contributed by atoms with Crippen molar-refractivity contribution in [2.24, 2.45) is 0 Å². The molecule has 0 fully saturated rings. The number of nitrogens with zero attached hydrogens (tertiary/aromatic N) is 6. The Morgan fingerprint density at radius 2 is 2.23 bits per heavy atom.